The van der Waals surface area contributed by atoms with E-state index in [1.54, 1.807) is 0 Å². The van der Waals surface area contributed by atoms with Gasteiger partial charge in [-0.3, -0.25) is 0 Å². The Kier molecular flexibility index (Phi) is 9.95. The van der Waals surface area contributed by atoms with Crippen LogP contribution in [0, 0.1) is 11.8 Å². The molecule has 0 bridgehead atoms. The van der Waals surface area contributed by atoms with E-state index in [0.29, 0.717) is 0 Å². The standard InChI is InChI=1S/C19H26.C8H16/c1-15(2)18-10-7-11-19(14-18)16(3)12-13-17-8-5-4-6-9-17;1-2-8-6-4-3-5-7-8/h7,10-11,14,17H,1,3-6,8-9,12-13H2,2H3;8H,2-7H2,1H3. The predicted octanol–water partition coefficient (Wildman–Crippen LogP) is 9.07. The fourth-order valence-corrected chi connectivity index (χ4v) is 4.60. The molecule has 3 rings (SSSR count). The fourth-order valence-electron chi connectivity index (χ4n) is 4.60. The first kappa shape index (κ1) is 22.0. The van der Waals surface area contributed by atoms with E-state index in [2.05, 4.69) is 51.3 Å². The summed E-state index contributed by atoms with van der Waals surface area (Å²) in [5.74, 6) is 2.03. The molecule has 0 aliphatic heterocycles. The molecule has 0 radical (unpaired) electrons. The molecular weight excluding hydrogens is 324 g/mol. The van der Waals surface area contributed by atoms with Gasteiger partial charge in [-0.2, -0.15) is 0 Å². The number of hydrogen-bond donors (Lipinski definition) is 0. The van der Waals surface area contributed by atoms with Crippen molar-refractivity contribution in [1.29, 1.82) is 0 Å². The Labute approximate surface area is 169 Å². The Morgan fingerprint density at radius 3 is 1.93 bits per heavy atom. The van der Waals surface area contributed by atoms with E-state index in [-0.39, 0.29) is 0 Å². The summed E-state index contributed by atoms with van der Waals surface area (Å²) >= 11 is 0. The van der Waals surface area contributed by atoms with Crippen molar-refractivity contribution in [3.05, 3.63) is 48.6 Å². The molecule has 2 fully saturated rings. The van der Waals surface area contributed by atoms with Crippen LogP contribution in [0.25, 0.3) is 11.1 Å². The largest absolute Gasteiger partial charge is 0.0955 e. The number of allylic oxidation sites excluding steroid dienone is 2. The lowest BCUT2D eigenvalue weighted by molar-refractivity contribution is 0.342. The summed E-state index contributed by atoms with van der Waals surface area (Å²) in [6.07, 6.45) is 18.6. The molecule has 0 heterocycles. The Morgan fingerprint density at radius 2 is 1.41 bits per heavy atom. The molecule has 2 aliphatic carbocycles. The maximum Gasteiger partial charge on any atom is -0.0224 e. The highest BCUT2D eigenvalue weighted by Gasteiger charge is 2.13. The van der Waals surface area contributed by atoms with Crippen LogP contribution in [0.2, 0.25) is 0 Å². The molecule has 0 heteroatoms. The summed E-state index contributed by atoms with van der Waals surface area (Å²) in [6, 6.07) is 8.65. The number of benzene rings is 1. The molecule has 27 heavy (non-hydrogen) atoms. The van der Waals surface area contributed by atoms with Crippen molar-refractivity contribution in [1.82, 2.24) is 0 Å². The van der Waals surface area contributed by atoms with Crippen molar-refractivity contribution in [2.24, 2.45) is 11.8 Å². The van der Waals surface area contributed by atoms with Crippen molar-refractivity contribution in [2.75, 3.05) is 0 Å². The Morgan fingerprint density at radius 1 is 0.852 bits per heavy atom. The number of hydrogen-bond acceptors (Lipinski definition) is 0. The van der Waals surface area contributed by atoms with E-state index in [1.165, 1.54) is 93.7 Å². The summed E-state index contributed by atoms with van der Waals surface area (Å²) < 4.78 is 0. The van der Waals surface area contributed by atoms with Gasteiger partial charge in [0.05, 0.1) is 0 Å². The van der Waals surface area contributed by atoms with Gasteiger partial charge in [0.2, 0.25) is 0 Å². The van der Waals surface area contributed by atoms with Crippen LogP contribution in [-0.4, -0.2) is 0 Å². The summed E-state index contributed by atoms with van der Waals surface area (Å²) in [5.41, 5.74) is 4.93. The molecule has 0 nitrogen and oxygen atoms in total. The van der Waals surface area contributed by atoms with Gasteiger partial charge in [0.25, 0.3) is 0 Å². The second kappa shape index (κ2) is 12.2. The van der Waals surface area contributed by atoms with Crippen LogP contribution in [0.4, 0.5) is 0 Å². The minimum Gasteiger partial charge on any atom is -0.0955 e. The molecule has 0 unspecified atom stereocenters. The third-order valence-electron chi connectivity index (χ3n) is 6.64. The first-order chi connectivity index (χ1) is 13.1. The highest BCUT2D eigenvalue weighted by Crippen LogP contribution is 2.30. The minimum absolute atomic E-state index is 0.940. The van der Waals surface area contributed by atoms with Gasteiger partial charge >= 0.3 is 0 Å². The van der Waals surface area contributed by atoms with Crippen LogP contribution in [0.5, 0.6) is 0 Å². The van der Waals surface area contributed by atoms with E-state index in [0.717, 1.165) is 23.8 Å². The molecule has 0 atom stereocenters. The topological polar surface area (TPSA) is 0 Å². The fraction of sp³-hybridized carbons (Fsp3) is 0.630. The van der Waals surface area contributed by atoms with Gasteiger partial charge in [-0.15, -0.1) is 0 Å². The highest BCUT2D eigenvalue weighted by atomic mass is 14.2. The molecule has 0 saturated heterocycles. The van der Waals surface area contributed by atoms with E-state index in [1.807, 2.05) is 0 Å². The zero-order valence-electron chi connectivity index (χ0n) is 18.1. The molecule has 2 aliphatic rings. The third-order valence-corrected chi connectivity index (χ3v) is 6.64. The summed E-state index contributed by atoms with van der Waals surface area (Å²) in [6.45, 7) is 12.7. The summed E-state index contributed by atoms with van der Waals surface area (Å²) in [4.78, 5) is 0. The van der Waals surface area contributed by atoms with Crippen LogP contribution >= 0.6 is 0 Å². The third kappa shape index (κ3) is 8.08. The second-order valence-electron chi connectivity index (χ2n) is 8.92. The van der Waals surface area contributed by atoms with Crippen molar-refractivity contribution in [3.63, 3.8) is 0 Å². The van der Waals surface area contributed by atoms with Gasteiger partial charge in [-0.05, 0) is 54.4 Å². The van der Waals surface area contributed by atoms with Gasteiger partial charge in [0, 0.05) is 0 Å². The van der Waals surface area contributed by atoms with Gasteiger partial charge in [-0.1, -0.05) is 114 Å². The van der Waals surface area contributed by atoms with Crippen molar-refractivity contribution in [2.45, 2.75) is 97.3 Å². The van der Waals surface area contributed by atoms with Crippen LogP contribution in [0.15, 0.2) is 37.4 Å². The minimum atomic E-state index is 0.940. The molecule has 1 aromatic carbocycles. The van der Waals surface area contributed by atoms with E-state index in [9.17, 15) is 0 Å². The molecule has 0 amide bonds. The average Bonchev–Trinajstić information content (AvgIpc) is 2.74. The lowest BCUT2D eigenvalue weighted by Crippen LogP contribution is -2.06. The average molecular weight is 367 g/mol. The first-order valence-electron chi connectivity index (χ1n) is 11.5. The second-order valence-corrected chi connectivity index (χ2v) is 8.92. The Bertz CT molecular complexity index is 567. The maximum absolute atomic E-state index is 4.28. The van der Waals surface area contributed by atoms with Gasteiger partial charge in [0.1, 0.15) is 0 Å². The van der Waals surface area contributed by atoms with Crippen molar-refractivity contribution in [3.8, 4) is 0 Å². The zero-order chi connectivity index (χ0) is 19.5. The summed E-state index contributed by atoms with van der Waals surface area (Å²) in [5, 5.41) is 0. The van der Waals surface area contributed by atoms with Crippen LogP contribution in [0.3, 0.4) is 0 Å². The zero-order valence-corrected chi connectivity index (χ0v) is 18.1. The molecule has 0 spiro atoms. The van der Waals surface area contributed by atoms with Crippen molar-refractivity contribution >= 4 is 11.1 Å². The maximum atomic E-state index is 4.28. The molecule has 150 valence electrons. The Balaban J connectivity index is 0.000000273. The van der Waals surface area contributed by atoms with Gasteiger partial charge < -0.3 is 0 Å². The van der Waals surface area contributed by atoms with Crippen molar-refractivity contribution < 1.29 is 0 Å². The lowest BCUT2D eigenvalue weighted by Gasteiger charge is -2.21. The van der Waals surface area contributed by atoms with E-state index in [4.69, 9.17) is 0 Å². The normalized spacial score (nSPS) is 18.4. The molecule has 2 saturated carbocycles. The molecule has 0 aromatic heterocycles. The molecule has 0 N–H and O–H groups in total. The Hall–Kier alpha value is -1.30. The van der Waals surface area contributed by atoms with Gasteiger partial charge in [0.15, 0.2) is 0 Å². The first-order valence-corrected chi connectivity index (χ1v) is 11.5. The summed E-state index contributed by atoms with van der Waals surface area (Å²) in [7, 11) is 0. The van der Waals surface area contributed by atoms with E-state index < -0.39 is 0 Å². The monoisotopic (exact) mass is 366 g/mol. The quantitative estimate of drug-likeness (QED) is 0.471. The van der Waals surface area contributed by atoms with E-state index >= 15 is 0 Å². The van der Waals surface area contributed by atoms with Crippen LogP contribution < -0.4 is 0 Å². The smallest absolute Gasteiger partial charge is 0.0224 e. The van der Waals surface area contributed by atoms with Crippen LogP contribution in [0.1, 0.15) is 108 Å². The lowest BCUT2D eigenvalue weighted by atomic mass is 9.84. The van der Waals surface area contributed by atoms with Gasteiger partial charge in [-0.25, -0.2) is 0 Å². The van der Waals surface area contributed by atoms with Crippen LogP contribution in [-0.2, 0) is 0 Å². The predicted molar refractivity (Wildman–Crippen MR) is 123 cm³/mol. The highest BCUT2D eigenvalue weighted by molar-refractivity contribution is 5.69. The SMILES string of the molecule is C=C(C)c1cccc(C(=C)CCC2CCCCC2)c1.CCC1CCCCC1. The number of rotatable bonds is 6. The molecule has 1 aromatic rings. The molecular formula is C27H42.